The number of alkyl halides is 3. The third-order valence-corrected chi connectivity index (χ3v) is 9.20. The third kappa shape index (κ3) is 4.34. The molecule has 0 N–H and O–H groups in total. The zero-order valence-corrected chi connectivity index (χ0v) is 22.2. The second-order valence-electron chi connectivity index (χ2n) is 12.0. The Bertz CT molecular complexity index is 1660. The van der Waals surface area contributed by atoms with E-state index in [9.17, 15) is 18.0 Å². The van der Waals surface area contributed by atoms with Crippen LogP contribution < -0.4 is 5.69 Å². The van der Waals surface area contributed by atoms with Crippen LogP contribution >= 0.6 is 0 Å². The molecular weight excluding hydrogens is 524 g/mol. The number of benzene rings is 1. The van der Waals surface area contributed by atoms with Crippen molar-refractivity contribution in [3.05, 3.63) is 81.8 Å². The molecule has 0 amide bonds. The van der Waals surface area contributed by atoms with E-state index in [1.54, 1.807) is 17.0 Å². The Labute approximate surface area is 228 Å². The molecule has 3 aromatic heterocycles. The van der Waals surface area contributed by atoms with Gasteiger partial charge in [0.2, 0.25) is 0 Å². The fraction of sp³-hybridized carbons (Fsp3) is 0.483. The molecule has 0 bridgehead atoms. The summed E-state index contributed by atoms with van der Waals surface area (Å²) in [6.45, 7) is 2.07. The molecule has 2 aliphatic carbocycles. The van der Waals surface area contributed by atoms with Crippen LogP contribution in [0.15, 0.2) is 47.8 Å². The molecule has 0 radical (unpaired) electrons. The fourth-order valence-electron chi connectivity index (χ4n) is 6.64. The van der Waals surface area contributed by atoms with Crippen molar-refractivity contribution in [1.29, 1.82) is 0 Å². The lowest BCUT2D eigenvalue weighted by atomic mass is 9.72. The predicted molar refractivity (Wildman–Crippen MR) is 140 cm³/mol. The van der Waals surface area contributed by atoms with Crippen LogP contribution in [0.5, 0.6) is 0 Å². The minimum Gasteiger partial charge on any atom is -0.320 e. The molecule has 4 heterocycles. The highest BCUT2D eigenvalue weighted by atomic mass is 19.4. The quantitative estimate of drug-likeness (QED) is 0.304. The van der Waals surface area contributed by atoms with Gasteiger partial charge in [-0.05, 0) is 85.4 Å². The van der Waals surface area contributed by atoms with Gasteiger partial charge in [0.25, 0.3) is 0 Å². The number of imidazole rings is 1. The molecular formula is C29H30F4N6O. The summed E-state index contributed by atoms with van der Waals surface area (Å²) in [6, 6.07) is 5.44. The molecule has 11 heteroatoms. The Hall–Kier alpha value is -3.47. The van der Waals surface area contributed by atoms with E-state index in [-0.39, 0.29) is 23.0 Å². The summed E-state index contributed by atoms with van der Waals surface area (Å²) in [5.41, 5.74) is -0.213. The minimum atomic E-state index is -4.66. The van der Waals surface area contributed by atoms with Gasteiger partial charge in [0, 0.05) is 38.4 Å². The number of fused-ring (bicyclic) bond motifs is 1. The first-order valence-electron chi connectivity index (χ1n) is 13.8. The molecule has 0 unspecified atom stereocenters. The second kappa shape index (κ2) is 9.02. The topological polar surface area (TPSA) is 60.4 Å². The van der Waals surface area contributed by atoms with Gasteiger partial charge in [-0.2, -0.15) is 13.2 Å². The standard InChI is InChI=1S/C29H30F4N6O/c1-36-17-34-35-26(36)25(19-3-2-4-19)20-10-21(30)12-22(11-20)38-15-24-23(29(31,32)33)9-18(14-39(24)27(38)40)13-37-8-7-28(16-37)5-6-28/h9-12,14-15,17,19,25H,2-8,13,16H2,1H3/t25-/m0/s1. The molecule has 4 aromatic rings. The molecule has 1 aliphatic heterocycles. The molecule has 3 aliphatic rings. The predicted octanol–water partition coefficient (Wildman–Crippen LogP) is 5.29. The summed E-state index contributed by atoms with van der Waals surface area (Å²) < 4.78 is 61.7. The number of hydrogen-bond acceptors (Lipinski definition) is 4. The van der Waals surface area contributed by atoms with Gasteiger partial charge < -0.3 is 4.57 Å². The summed E-state index contributed by atoms with van der Waals surface area (Å²) in [4.78, 5) is 15.8. The number of aromatic nitrogens is 5. The van der Waals surface area contributed by atoms with Crippen molar-refractivity contribution >= 4 is 5.52 Å². The number of rotatable bonds is 6. The van der Waals surface area contributed by atoms with E-state index in [0.29, 0.717) is 28.9 Å². The normalized spacial score (nSPS) is 19.9. The average Bonchev–Trinajstić information content (AvgIpc) is 3.14. The Kier molecular flexibility index (Phi) is 5.75. The molecule has 1 aromatic carbocycles. The molecule has 210 valence electrons. The first-order valence-corrected chi connectivity index (χ1v) is 13.8. The molecule has 1 atom stereocenters. The van der Waals surface area contributed by atoms with Crippen molar-refractivity contribution in [2.45, 2.75) is 57.2 Å². The van der Waals surface area contributed by atoms with Crippen LogP contribution in [0.2, 0.25) is 0 Å². The molecule has 7 nitrogen and oxygen atoms in total. The highest BCUT2D eigenvalue weighted by molar-refractivity contribution is 5.58. The van der Waals surface area contributed by atoms with Gasteiger partial charge in [-0.25, -0.2) is 9.18 Å². The van der Waals surface area contributed by atoms with E-state index in [4.69, 9.17) is 0 Å². The van der Waals surface area contributed by atoms with Gasteiger partial charge in [-0.1, -0.05) is 6.42 Å². The Morgan fingerprint density at radius 3 is 2.52 bits per heavy atom. The summed E-state index contributed by atoms with van der Waals surface area (Å²) in [5, 5.41) is 8.27. The first-order chi connectivity index (χ1) is 19.1. The zero-order valence-electron chi connectivity index (χ0n) is 22.2. The maximum Gasteiger partial charge on any atom is 0.418 e. The zero-order chi connectivity index (χ0) is 27.8. The van der Waals surface area contributed by atoms with Crippen molar-refractivity contribution in [2.24, 2.45) is 18.4 Å². The van der Waals surface area contributed by atoms with E-state index >= 15 is 4.39 Å². The summed E-state index contributed by atoms with van der Waals surface area (Å²) in [7, 11) is 1.83. The van der Waals surface area contributed by atoms with Crippen LogP contribution in [-0.2, 0) is 19.8 Å². The maximum absolute atomic E-state index is 15.1. The van der Waals surface area contributed by atoms with Gasteiger partial charge in [0.05, 0.1) is 16.8 Å². The lowest BCUT2D eigenvalue weighted by Gasteiger charge is -2.33. The highest BCUT2D eigenvalue weighted by Crippen LogP contribution is 2.53. The van der Waals surface area contributed by atoms with Gasteiger partial charge in [0.15, 0.2) is 0 Å². The van der Waals surface area contributed by atoms with Crippen molar-refractivity contribution in [2.75, 3.05) is 13.1 Å². The van der Waals surface area contributed by atoms with E-state index in [0.717, 1.165) is 53.8 Å². The third-order valence-electron chi connectivity index (χ3n) is 9.20. The summed E-state index contributed by atoms with van der Waals surface area (Å²) in [5.74, 6) is 0.119. The van der Waals surface area contributed by atoms with Gasteiger partial charge in [-0.15, -0.1) is 10.2 Å². The lowest BCUT2D eigenvalue weighted by molar-refractivity contribution is -0.136. The number of hydrogen-bond donors (Lipinski definition) is 0. The van der Waals surface area contributed by atoms with Crippen molar-refractivity contribution < 1.29 is 17.6 Å². The van der Waals surface area contributed by atoms with E-state index in [2.05, 4.69) is 15.1 Å². The van der Waals surface area contributed by atoms with Gasteiger partial charge in [-0.3, -0.25) is 13.9 Å². The van der Waals surface area contributed by atoms with E-state index < -0.39 is 23.2 Å². The Morgan fingerprint density at radius 2 is 1.90 bits per heavy atom. The second-order valence-corrected chi connectivity index (χ2v) is 12.0. The minimum absolute atomic E-state index is 0.181. The molecule has 7 rings (SSSR count). The lowest BCUT2D eigenvalue weighted by Crippen LogP contribution is -2.25. The van der Waals surface area contributed by atoms with E-state index in [1.165, 1.54) is 37.4 Å². The highest BCUT2D eigenvalue weighted by Gasteiger charge is 2.47. The van der Waals surface area contributed by atoms with Crippen LogP contribution in [0.3, 0.4) is 0 Å². The number of aryl methyl sites for hydroxylation is 1. The van der Waals surface area contributed by atoms with Crippen molar-refractivity contribution in [3.8, 4) is 5.69 Å². The number of halogens is 4. The van der Waals surface area contributed by atoms with Gasteiger partial charge >= 0.3 is 11.9 Å². The number of pyridine rings is 1. The Morgan fingerprint density at radius 1 is 1.10 bits per heavy atom. The molecule has 40 heavy (non-hydrogen) atoms. The smallest absolute Gasteiger partial charge is 0.320 e. The van der Waals surface area contributed by atoms with Gasteiger partial charge in [0.1, 0.15) is 18.0 Å². The molecule has 3 fully saturated rings. The molecule has 2 saturated carbocycles. The van der Waals surface area contributed by atoms with Crippen LogP contribution in [0.25, 0.3) is 11.2 Å². The summed E-state index contributed by atoms with van der Waals surface area (Å²) >= 11 is 0. The van der Waals surface area contributed by atoms with Crippen LogP contribution in [0.4, 0.5) is 17.6 Å². The SMILES string of the molecule is Cn1cnnc1[C@H](c1cc(F)cc(-n2cc3c(C(F)(F)F)cc(CN4CCC5(CC5)C4)cn3c2=O)c1)C1CCC1. The van der Waals surface area contributed by atoms with E-state index in [1.807, 2.05) is 7.05 Å². The summed E-state index contributed by atoms with van der Waals surface area (Å²) in [6.07, 6.45) is 5.98. The van der Waals surface area contributed by atoms with Crippen molar-refractivity contribution in [1.82, 2.24) is 28.6 Å². The molecule has 1 saturated heterocycles. The van der Waals surface area contributed by atoms with Crippen LogP contribution in [-0.4, -0.2) is 41.7 Å². The first kappa shape index (κ1) is 25.5. The average molecular weight is 555 g/mol. The largest absolute Gasteiger partial charge is 0.418 e. The molecule has 1 spiro atoms. The monoisotopic (exact) mass is 554 g/mol. The van der Waals surface area contributed by atoms with Crippen LogP contribution in [0, 0.1) is 17.2 Å². The fourth-order valence-corrected chi connectivity index (χ4v) is 6.64. The Balaban J connectivity index is 1.32. The number of likely N-dealkylation sites (tertiary alicyclic amines) is 1. The van der Waals surface area contributed by atoms with Crippen LogP contribution in [0.1, 0.15) is 67.0 Å². The van der Waals surface area contributed by atoms with Crippen molar-refractivity contribution in [3.63, 3.8) is 0 Å². The maximum atomic E-state index is 15.1. The number of nitrogens with zero attached hydrogens (tertiary/aromatic N) is 6.